The largest absolute Gasteiger partial charge is 0.480 e. The average molecular weight is 462 g/mol. The lowest BCUT2D eigenvalue weighted by Gasteiger charge is -2.35. The van der Waals surface area contributed by atoms with Crippen molar-refractivity contribution in [2.45, 2.75) is 57.1 Å². The van der Waals surface area contributed by atoms with Crippen molar-refractivity contribution in [2.24, 2.45) is 5.92 Å². The van der Waals surface area contributed by atoms with Gasteiger partial charge in [0.25, 0.3) is 0 Å². The van der Waals surface area contributed by atoms with Crippen molar-refractivity contribution < 1.29 is 14.6 Å². The summed E-state index contributed by atoms with van der Waals surface area (Å²) in [6.45, 7) is 1.42. The highest BCUT2D eigenvalue weighted by atomic mass is 16.5. The molecule has 0 saturated heterocycles. The zero-order valence-corrected chi connectivity index (χ0v) is 19.2. The maximum Gasteiger partial charge on any atom is 0.326 e. The fraction of sp³-hybridized carbons (Fsp3) is 0.462. The SMILES string of the molecule is O=C(O)C(CCO[C@H]1C[C@@H](CCc2ccc3c(n2)NCCC3)C1)Nc1ncnc2ccccc12. The normalized spacial score (nSPS) is 20.1. The fourth-order valence-corrected chi connectivity index (χ4v) is 4.80. The molecule has 178 valence electrons. The van der Waals surface area contributed by atoms with E-state index in [0.717, 1.165) is 61.1 Å². The van der Waals surface area contributed by atoms with Crippen molar-refractivity contribution in [3.8, 4) is 0 Å². The molecule has 34 heavy (non-hydrogen) atoms. The Bertz CT molecular complexity index is 1140. The molecule has 0 amide bonds. The molecule has 2 aliphatic rings. The van der Waals surface area contributed by atoms with E-state index in [9.17, 15) is 9.90 Å². The monoisotopic (exact) mass is 461 g/mol. The van der Waals surface area contributed by atoms with Crippen LogP contribution in [0.2, 0.25) is 0 Å². The van der Waals surface area contributed by atoms with Gasteiger partial charge in [0.15, 0.2) is 0 Å². The standard InChI is InChI=1S/C26H31N5O3/c32-26(33)23(31-25-21-5-1-2-6-22(21)28-16-29-25)11-13-34-20-14-17(15-20)7-9-19-10-8-18-4-3-12-27-24(18)30-19/h1-2,5-6,8,10,16-17,20,23H,3-4,7,9,11-15H2,(H,27,30)(H,32,33)(H,28,29,31)/t17-,20+,23?. The van der Waals surface area contributed by atoms with Crippen molar-refractivity contribution >= 4 is 28.5 Å². The lowest BCUT2D eigenvalue weighted by Crippen LogP contribution is -2.35. The van der Waals surface area contributed by atoms with Gasteiger partial charge in [-0.05, 0) is 68.2 Å². The smallest absolute Gasteiger partial charge is 0.326 e. The molecule has 5 rings (SSSR count). The van der Waals surface area contributed by atoms with Crippen LogP contribution in [-0.4, -0.2) is 51.3 Å². The molecule has 0 spiro atoms. The van der Waals surface area contributed by atoms with Gasteiger partial charge in [-0.15, -0.1) is 0 Å². The first-order valence-electron chi connectivity index (χ1n) is 12.2. The Hall–Kier alpha value is -3.26. The minimum atomic E-state index is -0.912. The number of aryl methyl sites for hydroxylation is 2. The zero-order chi connectivity index (χ0) is 23.3. The maximum atomic E-state index is 11.8. The molecular weight excluding hydrogens is 430 g/mol. The number of rotatable bonds is 10. The van der Waals surface area contributed by atoms with E-state index in [4.69, 9.17) is 9.72 Å². The molecule has 0 bridgehead atoms. The van der Waals surface area contributed by atoms with Crippen molar-refractivity contribution in [3.63, 3.8) is 0 Å². The van der Waals surface area contributed by atoms with Crippen LogP contribution >= 0.6 is 0 Å². The average Bonchev–Trinajstić information content (AvgIpc) is 2.84. The Labute approximate surface area is 199 Å². The molecule has 3 aromatic rings. The van der Waals surface area contributed by atoms with E-state index in [1.165, 1.54) is 18.3 Å². The van der Waals surface area contributed by atoms with Crippen LogP contribution in [0.4, 0.5) is 11.6 Å². The van der Waals surface area contributed by atoms with Crippen molar-refractivity contribution in [3.05, 3.63) is 54.0 Å². The summed E-state index contributed by atoms with van der Waals surface area (Å²) in [6.07, 6.45) is 8.51. The number of nitrogens with zero attached hydrogens (tertiary/aromatic N) is 3. The molecule has 2 aromatic heterocycles. The number of carbonyl (C=O) groups is 1. The lowest BCUT2D eigenvalue weighted by molar-refractivity contribution is -0.138. The van der Waals surface area contributed by atoms with Crippen molar-refractivity contribution in [1.29, 1.82) is 0 Å². The molecule has 1 saturated carbocycles. The highest BCUT2D eigenvalue weighted by Gasteiger charge is 2.30. The van der Waals surface area contributed by atoms with Gasteiger partial charge in [-0.1, -0.05) is 18.2 Å². The first-order chi connectivity index (χ1) is 16.7. The van der Waals surface area contributed by atoms with E-state index in [1.807, 2.05) is 24.3 Å². The predicted molar refractivity (Wildman–Crippen MR) is 131 cm³/mol. The molecule has 3 heterocycles. The van der Waals surface area contributed by atoms with Gasteiger partial charge in [-0.2, -0.15) is 0 Å². The fourth-order valence-electron chi connectivity index (χ4n) is 4.80. The second kappa shape index (κ2) is 10.3. The van der Waals surface area contributed by atoms with E-state index in [-0.39, 0.29) is 6.10 Å². The van der Waals surface area contributed by atoms with Crippen LogP contribution in [0, 0.1) is 5.92 Å². The van der Waals surface area contributed by atoms with E-state index < -0.39 is 12.0 Å². The molecular formula is C26H31N5O3. The summed E-state index contributed by atoms with van der Waals surface area (Å²) in [4.78, 5) is 25.0. The van der Waals surface area contributed by atoms with Gasteiger partial charge in [0.05, 0.1) is 11.6 Å². The summed E-state index contributed by atoms with van der Waals surface area (Å²) in [5.41, 5.74) is 3.27. The number of anilines is 2. The van der Waals surface area contributed by atoms with Gasteiger partial charge in [0.1, 0.15) is 24.0 Å². The lowest BCUT2D eigenvalue weighted by atomic mass is 9.79. The van der Waals surface area contributed by atoms with Crippen LogP contribution in [0.5, 0.6) is 0 Å². The van der Waals surface area contributed by atoms with Crippen LogP contribution in [0.3, 0.4) is 0 Å². The number of para-hydroxylation sites is 1. The van der Waals surface area contributed by atoms with Gasteiger partial charge in [0, 0.05) is 30.7 Å². The summed E-state index contributed by atoms with van der Waals surface area (Å²) in [7, 11) is 0. The Morgan fingerprint density at radius 3 is 2.97 bits per heavy atom. The number of aliphatic carboxylic acids is 1. The van der Waals surface area contributed by atoms with E-state index in [2.05, 4.69) is 32.7 Å². The van der Waals surface area contributed by atoms with Gasteiger partial charge in [-0.25, -0.2) is 19.7 Å². The number of benzene rings is 1. The predicted octanol–water partition coefficient (Wildman–Crippen LogP) is 4.07. The second-order valence-corrected chi connectivity index (χ2v) is 9.27. The van der Waals surface area contributed by atoms with Gasteiger partial charge >= 0.3 is 5.97 Å². The number of fused-ring (bicyclic) bond motifs is 2. The summed E-state index contributed by atoms with van der Waals surface area (Å²) in [6, 6.07) is 11.2. The molecule has 0 radical (unpaired) electrons. The van der Waals surface area contributed by atoms with Crippen LogP contribution in [0.25, 0.3) is 10.9 Å². The van der Waals surface area contributed by atoms with Crippen LogP contribution in [0.15, 0.2) is 42.7 Å². The summed E-state index contributed by atoms with van der Waals surface area (Å²) in [5, 5.41) is 16.9. The third-order valence-electron chi connectivity index (χ3n) is 6.86. The number of hydrogen-bond acceptors (Lipinski definition) is 7. The molecule has 8 nitrogen and oxygen atoms in total. The topological polar surface area (TPSA) is 109 Å². The molecule has 1 unspecified atom stereocenters. The number of hydrogen-bond donors (Lipinski definition) is 3. The van der Waals surface area contributed by atoms with Crippen molar-refractivity contribution in [1.82, 2.24) is 15.0 Å². The Morgan fingerprint density at radius 2 is 2.09 bits per heavy atom. The first-order valence-corrected chi connectivity index (χ1v) is 12.2. The van der Waals surface area contributed by atoms with E-state index in [0.29, 0.717) is 24.8 Å². The quantitative estimate of drug-likeness (QED) is 0.415. The number of nitrogens with one attached hydrogen (secondary N) is 2. The van der Waals surface area contributed by atoms with Crippen LogP contribution in [-0.2, 0) is 22.4 Å². The molecule has 1 aliphatic carbocycles. The number of aromatic nitrogens is 3. The summed E-state index contributed by atoms with van der Waals surface area (Å²) < 4.78 is 5.98. The molecule has 3 N–H and O–H groups in total. The maximum absolute atomic E-state index is 11.8. The van der Waals surface area contributed by atoms with Crippen LogP contribution < -0.4 is 10.6 Å². The molecule has 1 fully saturated rings. The van der Waals surface area contributed by atoms with Gasteiger partial charge < -0.3 is 20.5 Å². The number of carboxylic acid groups (broad SMARTS) is 1. The van der Waals surface area contributed by atoms with Crippen LogP contribution in [0.1, 0.15) is 43.4 Å². The summed E-state index contributed by atoms with van der Waals surface area (Å²) >= 11 is 0. The number of ether oxygens (including phenoxy) is 1. The zero-order valence-electron chi connectivity index (χ0n) is 19.2. The molecule has 1 aromatic carbocycles. The van der Waals surface area contributed by atoms with Gasteiger partial charge in [-0.3, -0.25) is 0 Å². The Kier molecular flexibility index (Phi) is 6.85. The number of pyridine rings is 1. The Morgan fingerprint density at radius 1 is 1.21 bits per heavy atom. The molecule has 1 aliphatic heterocycles. The highest BCUT2D eigenvalue weighted by Crippen LogP contribution is 2.34. The first kappa shape index (κ1) is 22.5. The minimum Gasteiger partial charge on any atom is -0.480 e. The van der Waals surface area contributed by atoms with Gasteiger partial charge in [0.2, 0.25) is 0 Å². The Balaban J connectivity index is 1.05. The summed E-state index contributed by atoms with van der Waals surface area (Å²) in [5.74, 6) is 1.34. The molecule has 8 heteroatoms. The molecule has 1 atom stereocenters. The third-order valence-corrected chi connectivity index (χ3v) is 6.86. The third kappa shape index (κ3) is 5.28. The van der Waals surface area contributed by atoms with E-state index >= 15 is 0 Å². The highest BCUT2D eigenvalue weighted by molar-refractivity contribution is 5.90. The number of carboxylic acids is 1. The van der Waals surface area contributed by atoms with E-state index in [1.54, 1.807) is 0 Å². The minimum absolute atomic E-state index is 0.220. The second-order valence-electron chi connectivity index (χ2n) is 9.27. The van der Waals surface area contributed by atoms with Crippen molar-refractivity contribution in [2.75, 3.05) is 23.8 Å².